The molecule has 9 heteroatoms. The first-order valence-electron chi connectivity index (χ1n) is 14.8. The van der Waals surface area contributed by atoms with Gasteiger partial charge in [0.2, 0.25) is 6.10 Å². The molecule has 0 amide bonds. The lowest BCUT2D eigenvalue weighted by Crippen LogP contribution is -2.35. The van der Waals surface area contributed by atoms with Crippen LogP contribution in [0.4, 0.5) is 0 Å². The van der Waals surface area contributed by atoms with Gasteiger partial charge < -0.3 is 14.6 Å². The molecule has 5 aromatic carbocycles. The molecular weight excluding hydrogens is 887 g/mol. The highest BCUT2D eigenvalue weighted by molar-refractivity contribution is 9.11. The number of carboxylic acids is 1. The third-order valence-corrected chi connectivity index (χ3v) is 9.89. The normalized spacial score (nSPS) is 12.0. The second-order valence-electron chi connectivity index (χ2n) is 10.8. The van der Waals surface area contributed by atoms with Gasteiger partial charge in [-0.25, -0.2) is 4.79 Å². The molecule has 5 rings (SSSR count). The summed E-state index contributed by atoms with van der Waals surface area (Å²) in [5.41, 5.74) is 6.48. The minimum Gasteiger partial charge on any atom is -0.489 e. The quantitative estimate of drug-likeness (QED) is 0.127. The summed E-state index contributed by atoms with van der Waals surface area (Å²) >= 11 is 20.8. The van der Waals surface area contributed by atoms with Crippen molar-refractivity contribution >= 4 is 92.4 Å². The standard InChI is InChI=1S/C39H29Br4ClO4/c1-24-22-33(47-21-20-34(25-2-10-29(40)11-3-25)26-4-12-30(41)13-5-26)18-19-37(24)48-38(39(45)46)36(44)23-35(27-6-14-31(42)15-7-27)28-8-16-32(43)17-9-28/h2-20,22-23,36,38H,21H2,1H3,(H,45,46). The van der Waals surface area contributed by atoms with E-state index >= 15 is 0 Å². The Bertz CT molecular complexity index is 1830. The Morgan fingerprint density at radius 2 is 1.10 bits per heavy atom. The third-order valence-electron chi connectivity index (χ3n) is 7.42. The Labute approximate surface area is 319 Å². The molecule has 0 saturated heterocycles. The van der Waals surface area contributed by atoms with Gasteiger partial charge in [0.25, 0.3) is 0 Å². The van der Waals surface area contributed by atoms with E-state index in [0.717, 1.165) is 56.9 Å². The molecule has 0 spiro atoms. The molecule has 4 nitrogen and oxygen atoms in total. The zero-order chi connectivity index (χ0) is 34.2. The number of carboxylic acid groups (broad SMARTS) is 1. The smallest absolute Gasteiger partial charge is 0.346 e. The molecule has 48 heavy (non-hydrogen) atoms. The van der Waals surface area contributed by atoms with Crippen molar-refractivity contribution in [2.24, 2.45) is 0 Å². The molecule has 0 saturated carbocycles. The Balaban J connectivity index is 1.34. The van der Waals surface area contributed by atoms with Gasteiger partial charge in [0.1, 0.15) is 23.5 Å². The third kappa shape index (κ3) is 9.73. The number of rotatable bonds is 12. The summed E-state index contributed by atoms with van der Waals surface area (Å²) in [5.74, 6) is -0.136. The summed E-state index contributed by atoms with van der Waals surface area (Å²) in [6.45, 7) is 2.17. The number of halogens is 5. The minimum absolute atomic E-state index is 0.322. The van der Waals surface area contributed by atoms with Crippen molar-refractivity contribution in [3.05, 3.63) is 173 Å². The number of ether oxygens (including phenoxy) is 2. The summed E-state index contributed by atoms with van der Waals surface area (Å²) in [5, 5.41) is 9.19. The average molecular weight is 917 g/mol. The zero-order valence-electron chi connectivity index (χ0n) is 25.5. The molecular formula is C39H29Br4ClO4. The molecule has 2 unspecified atom stereocenters. The van der Waals surface area contributed by atoms with Crippen molar-refractivity contribution in [3.8, 4) is 11.5 Å². The Kier molecular flexibility index (Phi) is 12.8. The van der Waals surface area contributed by atoms with Crippen LogP contribution in [0.25, 0.3) is 11.1 Å². The predicted octanol–water partition coefficient (Wildman–Crippen LogP) is 12.1. The molecule has 1 N–H and O–H groups in total. The monoisotopic (exact) mass is 912 g/mol. The van der Waals surface area contributed by atoms with Crippen LogP contribution in [0.15, 0.2) is 145 Å². The maximum Gasteiger partial charge on any atom is 0.346 e. The van der Waals surface area contributed by atoms with E-state index in [4.69, 9.17) is 21.1 Å². The molecule has 5 aromatic rings. The SMILES string of the molecule is Cc1cc(OCC=C(c2ccc(Br)cc2)c2ccc(Br)cc2)ccc1OC(C(=O)O)C(Cl)C=C(c1ccc(Br)cc1)c1ccc(Br)cc1. The van der Waals surface area contributed by atoms with Gasteiger partial charge >= 0.3 is 5.97 Å². The molecule has 0 aliphatic rings. The summed E-state index contributed by atoms with van der Waals surface area (Å²) in [6, 6.07) is 37.2. The van der Waals surface area contributed by atoms with Crippen LogP contribution in [-0.2, 0) is 4.79 Å². The highest BCUT2D eigenvalue weighted by atomic mass is 79.9. The first-order chi connectivity index (χ1) is 23.1. The van der Waals surface area contributed by atoms with Crippen molar-refractivity contribution in [2.75, 3.05) is 6.61 Å². The second-order valence-corrected chi connectivity index (χ2v) is 15.0. The average Bonchev–Trinajstić information content (AvgIpc) is 3.07. The lowest BCUT2D eigenvalue weighted by Gasteiger charge is -2.21. The summed E-state index contributed by atoms with van der Waals surface area (Å²) in [4.78, 5) is 12.5. The fraction of sp³-hybridized carbons (Fsp3) is 0.103. The van der Waals surface area contributed by atoms with Crippen LogP contribution in [0.2, 0.25) is 0 Å². The Hall–Kier alpha value is -3.14. The van der Waals surface area contributed by atoms with Gasteiger partial charge in [-0.15, -0.1) is 11.6 Å². The van der Waals surface area contributed by atoms with Crippen LogP contribution >= 0.6 is 75.3 Å². The number of hydrogen-bond acceptors (Lipinski definition) is 3. The molecule has 0 aliphatic heterocycles. The first-order valence-corrected chi connectivity index (χ1v) is 18.4. The van der Waals surface area contributed by atoms with Gasteiger partial charge in [-0.05, 0) is 119 Å². The molecule has 2 atom stereocenters. The minimum atomic E-state index is -1.35. The molecule has 0 radical (unpaired) electrons. The van der Waals surface area contributed by atoms with E-state index in [-0.39, 0.29) is 0 Å². The highest BCUT2D eigenvalue weighted by Gasteiger charge is 2.29. The number of benzene rings is 5. The summed E-state index contributed by atoms with van der Waals surface area (Å²) in [6.07, 6.45) is 2.44. The lowest BCUT2D eigenvalue weighted by atomic mass is 9.96. The van der Waals surface area contributed by atoms with E-state index in [9.17, 15) is 9.90 Å². The zero-order valence-corrected chi connectivity index (χ0v) is 32.6. The molecule has 0 heterocycles. The van der Waals surface area contributed by atoms with Crippen LogP contribution < -0.4 is 9.47 Å². The molecule has 244 valence electrons. The number of aryl methyl sites for hydroxylation is 1. The second kappa shape index (κ2) is 17.0. The Morgan fingerprint density at radius 3 is 1.50 bits per heavy atom. The number of hydrogen-bond donors (Lipinski definition) is 1. The number of alkyl halides is 1. The van der Waals surface area contributed by atoms with Crippen LogP contribution in [0.3, 0.4) is 0 Å². The largest absolute Gasteiger partial charge is 0.489 e. The van der Waals surface area contributed by atoms with Gasteiger partial charge in [-0.2, -0.15) is 0 Å². The maximum atomic E-state index is 12.5. The van der Waals surface area contributed by atoms with Gasteiger partial charge in [0, 0.05) is 17.9 Å². The van der Waals surface area contributed by atoms with Crippen LogP contribution in [0.1, 0.15) is 27.8 Å². The van der Waals surface area contributed by atoms with Crippen molar-refractivity contribution < 1.29 is 19.4 Å². The molecule has 0 aliphatic carbocycles. The fourth-order valence-electron chi connectivity index (χ4n) is 4.98. The van der Waals surface area contributed by atoms with Gasteiger partial charge in [-0.3, -0.25) is 0 Å². The van der Waals surface area contributed by atoms with E-state index < -0.39 is 17.5 Å². The van der Waals surface area contributed by atoms with Gasteiger partial charge in [-0.1, -0.05) is 118 Å². The molecule has 0 fully saturated rings. The van der Waals surface area contributed by atoms with E-state index in [1.54, 1.807) is 18.2 Å². The van der Waals surface area contributed by atoms with Crippen molar-refractivity contribution in [2.45, 2.75) is 18.4 Å². The fourth-order valence-corrected chi connectivity index (χ4v) is 6.32. The highest BCUT2D eigenvalue weighted by Crippen LogP contribution is 2.31. The van der Waals surface area contributed by atoms with Crippen molar-refractivity contribution in [1.29, 1.82) is 0 Å². The van der Waals surface area contributed by atoms with Crippen LogP contribution in [0, 0.1) is 6.92 Å². The summed E-state index contributed by atoms with van der Waals surface area (Å²) < 4.78 is 16.0. The first kappa shape index (κ1) is 36.1. The van der Waals surface area contributed by atoms with Crippen molar-refractivity contribution in [1.82, 2.24) is 0 Å². The van der Waals surface area contributed by atoms with Crippen LogP contribution in [0.5, 0.6) is 11.5 Å². The molecule has 0 bridgehead atoms. The van der Waals surface area contributed by atoms with Gasteiger partial charge in [0.05, 0.1) is 0 Å². The van der Waals surface area contributed by atoms with E-state index in [1.165, 1.54) is 0 Å². The van der Waals surface area contributed by atoms with Crippen LogP contribution in [-0.4, -0.2) is 29.2 Å². The Morgan fingerprint density at radius 1 is 0.688 bits per heavy atom. The molecule has 0 aromatic heterocycles. The lowest BCUT2D eigenvalue weighted by molar-refractivity contribution is -0.144. The predicted molar refractivity (Wildman–Crippen MR) is 209 cm³/mol. The van der Waals surface area contributed by atoms with E-state index in [2.05, 4.69) is 88.0 Å². The summed E-state index contributed by atoms with van der Waals surface area (Å²) in [7, 11) is 0. The van der Waals surface area contributed by atoms with Crippen molar-refractivity contribution in [3.63, 3.8) is 0 Å². The number of aliphatic carboxylic acids is 1. The topological polar surface area (TPSA) is 55.8 Å². The van der Waals surface area contributed by atoms with E-state index in [1.807, 2.05) is 91.9 Å². The number of carbonyl (C=O) groups is 1. The maximum absolute atomic E-state index is 12.5. The van der Waals surface area contributed by atoms with Gasteiger partial charge in [0.15, 0.2) is 0 Å². The van der Waals surface area contributed by atoms with E-state index in [0.29, 0.717) is 18.1 Å².